The second-order valence-electron chi connectivity index (χ2n) is 3.90. The Morgan fingerprint density at radius 1 is 1.11 bits per heavy atom. The lowest BCUT2D eigenvalue weighted by Gasteiger charge is -2.06. The standard InChI is InChI=1S/C15H15FOS/c1-3-11-4-9-15(14(16)10-11)18-13-7-5-12(17-2)6-8-13/h4-10H,3H2,1-2H3. The zero-order valence-electron chi connectivity index (χ0n) is 10.4. The molecule has 2 rings (SSSR count). The first-order valence-corrected chi connectivity index (χ1v) is 6.65. The quantitative estimate of drug-likeness (QED) is 0.799. The Balaban J connectivity index is 2.17. The molecule has 0 atom stereocenters. The molecule has 0 saturated carbocycles. The molecule has 94 valence electrons. The topological polar surface area (TPSA) is 9.23 Å². The molecule has 18 heavy (non-hydrogen) atoms. The second-order valence-corrected chi connectivity index (χ2v) is 5.01. The summed E-state index contributed by atoms with van der Waals surface area (Å²) in [6, 6.07) is 13.0. The molecule has 0 aromatic heterocycles. The zero-order chi connectivity index (χ0) is 13.0. The third kappa shape index (κ3) is 3.05. The molecule has 2 aromatic rings. The molecule has 0 amide bonds. The Hall–Kier alpha value is -1.48. The number of benzene rings is 2. The van der Waals surface area contributed by atoms with Crippen molar-refractivity contribution in [3.8, 4) is 5.75 Å². The molecule has 0 aliphatic carbocycles. The summed E-state index contributed by atoms with van der Waals surface area (Å²) in [5, 5.41) is 0. The van der Waals surface area contributed by atoms with Crippen LogP contribution in [0.15, 0.2) is 52.3 Å². The molecule has 0 aliphatic heterocycles. The number of hydrogen-bond donors (Lipinski definition) is 0. The van der Waals surface area contributed by atoms with Crippen LogP contribution >= 0.6 is 11.8 Å². The van der Waals surface area contributed by atoms with E-state index >= 15 is 0 Å². The Bertz CT molecular complexity index is 523. The van der Waals surface area contributed by atoms with E-state index in [0.29, 0.717) is 4.90 Å². The third-order valence-corrected chi connectivity index (χ3v) is 3.75. The number of ether oxygens (including phenoxy) is 1. The lowest BCUT2D eigenvalue weighted by molar-refractivity contribution is 0.414. The van der Waals surface area contributed by atoms with Crippen LogP contribution in [0.2, 0.25) is 0 Å². The van der Waals surface area contributed by atoms with Gasteiger partial charge in [0.15, 0.2) is 0 Å². The predicted octanol–water partition coefficient (Wildman–Crippen LogP) is 4.55. The van der Waals surface area contributed by atoms with Gasteiger partial charge in [0.25, 0.3) is 0 Å². The lowest BCUT2D eigenvalue weighted by Crippen LogP contribution is -1.86. The van der Waals surface area contributed by atoms with E-state index in [1.807, 2.05) is 43.3 Å². The van der Waals surface area contributed by atoms with E-state index in [4.69, 9.17) is 4.74 Å². The number of aryl methyl sites for hydroxylation is 1. The van der Waals surface area contributed by atoms with E-state index in [1.54, 1.807) is 13.2 Å². The molecule has 0 fully saturated rings. The molecule has 0 heterocycles. The smallest absolute Gasteiger partial charge is 0.137 e. The maximum atomic E-state index is 13.8. The van der Waals surface area contributed by atoms with Gasteiger partial charge < -0.3 is 4.74 Å². The van der Waals surface area contributed by atoms with Crippen molar-refractivity contribution in [2.24, 2.45) is 0 Å². The molecule has 0 aliphatic rings. The average Bonchev–Trinajstić information content (AvgIpc) is 2.42. The Morgan fingerprint density at radius 3 is 2.39 bits per heavy atom. The number of methoxy groups -OCH3 is 1. The first kappa shape index (κ1) is 13.0. The van der Waals surface area contributed by atoms with E-state index < -0.39 is 0 Å². The molecule has 2 aromatic carbocycles. The van der Waals surface area contributed by atoms with Gasteiger partial charge in [-0.25, -0.2) is 4.39 Å². The van der Waals surface area contributed by atoms with Crippen LogP contribution in [-0.4, -0.2) is 7.11 Å². The van der Waals surface area contributed by atoms with E-state index in [9.17, 15) is 4.39 Å². The summed E-state index contributed by atoms with van der Waals surface area (Å²) in [4.78, 5) is 1.65. The van der Waals surface area contributed by atoms with Crippen LogP contribution in [0, 0.1) is 5.82 Å². The van der Waals surface area contributed by atoms with E-state index in [0.717, 1.165) is 22.6 Å². The highest BCUT2D eigenvalue weighted by Gasteiger charge is 2.05. The fraction of sp³-hybridized carbons (Fsp3) is 0.200. The van der Waals surface area contributed by atoms with Crippen molar-refractivity contribution in [2.75, 3.05) is 7.11 Å². The highest BCUT2D eigenvalue weighted by atomic mass is 32.2. The number of rotatable bonds is 4. The Morgan fingerprint density at radius 2 is 1.83 bits per heavy atom. The van der Waals surface area contributed by atoms with E-state index in [-0.39, 0.29) is 5.82 Å². The van der Waals surface area contributed by atoms with Gasteiger partial charge >= 0.3 is 0 Å². The minimum Gasteiger partial charge on any atom is -0.497 e. The van der Waals surface area contributed by atoms with Gasteiger partial charge in [0.05, 0.1) is 7.11 Å². The van der Waals surface area contributed by atoms with Gasteiger partial charge in [0.1, 0.15) is 11.6 Å². The molecule has 0 spiro atoms. The molecule has 0 radical (unpaired) electrons. The summed E-state index contributed by atoms with van der Waals surface area (Å²) in [6.45, 7) is 2.02. The molecule has 0 saturated heterocycles. The zero-order valence-corrected chi connectivity index (χ0v) is 11.3. The van der Waals surface area contributed by atoms with Gasteiger partial charge in [-0.1, -0.05) is 24.8 Å². The summed E-state index contributed by atoms with van der Waals surface area (Å²) in [5.41, 5.74) is 1.02. The normalized spacial score (nSPS) is 10.4. The van der Waals surface area contributed by atoms with E-state index in [1.165, 1.54) is 11.8 Å². The van der Waals surface area contributed by atoms with Crippen molar-refractivity contribution >= 4 is 11.8 Å². The van der Waals surface area contributed by atoms with Crippen LogP contribution in [0.1, 0.15) is 12.5 Å². The maximum absolute atomic E-state index is 13.8. The van der Waals surface area contributed by atoms with Crippen LogP contribution in [0.3, 0.4) is 0 Å². The van der Waals surface area contributed by atoms with Gasteiger partial charge in [-0.3, -0.25) is 0 Å². The van der Waals surface area contributed by atoms with Crippen molar-refractivity contribution in [1.29, 1.82) is 0 Å². The van der Waals surface area contributed by atoms with E-state index in [2.05, 4.69) is 0 Å². The average molecular weight is 262 g/mol. The minimum atomic E-state index is -0.157. The van der Waals surface area contributed by atoms with Crippen molar-refractivity contribution in [3.63, 3.8) is 0 Å². The summed E-state index contributed by atoms with van der Waals surface area (Å²) in [6.07, 6.45) is 0.852. The van der Waals surface area contributed by atoms with Gasteiger partial charge in [0.2, 0.25) is 0 Å². The van der Waals surface area contributed by atoms with Gasteiger partial charge in [-0.15, -0.1) is 0 Å². The fourth-order valence-corrected chi connectivity index (χ4v) is 2.44. The summed E-state index contributed by atoms with van der Waals surface area (Å²) >= 11 is 1.42. The van der Waals surface area contributed by atoms with Gasteiger partial charge in [0, 0.05) is 9.79 Å². The largest absolute Gasteiger partial charge is 0.497 e. The molecule has 0 bridgehead atoms. The molecule has 3 heteroatoms. The maximum Gasteiger partial charge on any atom is 0.137 e. The van der Waals surface area contributed by atoms with Crippen molar-refractivity contribution in [2.45, 2.75) is 23.1 Å². The van der Waals surface area contributed by atoms with Gasteiger partial charge in [-0.2, -0.15) is 0 Å². The molecular formula is C15H15FOS. The van der Waals surface area contributed by atoms with Crippen LogP contribution < -0.4 is 4.74 Å². The monoisotopic (exact) mass is 262 g/mol. The minimum absolute atomic E-state index is 0.157. The SMILES string of the molecule is CCc1ccc(Sc2ccc(OC)cc2)c(F)c1. The highest BCUT2D eigenvalue weighted by molar-refractivity contribution is 7.99. The Kier molecular flexibility index (Phi) is 4.26. The van der Waals surface area contributed by atoms with Crippen LogP contribution in [0.5, 0.6) is 5.75 Å². The fourth-order valence-electron chi connectivity index (χ4n) is 1.62. The molecular weight excluding hydrogens is 247 g/mol. The van der Waals surface area contributed by atoms with Crippen molar-refractivity contribution in [3.05, 3.63) is 53.8 Å². The van der Waals surface area contributed by atoms with Crippen molar-refractivity contribution in [1.82, 2.24) is 0 Å². The van der Waals surface area contributed by atoms with Crippen molar-refractivity contribution < 1.29 is 9.13 Å². The molecule has 0 N–H and O–H groups in total. The van der Waals surface area contributed by atoms with Crippen LogP contribution in [0.4, 0.5) is 4.39 Å². The summed E-state index contributed by atoms with van der Waals surface area (Å²) < 4.78 is 18.9. The molecule has 0 unspecified atom stereocenters. The number of halogens is 1. The van der Waals surface area contributed by atoms with Gasteiger partial charge in [-0.05, 0) is 48.4 Å². The summed E-state index contributed by atoms with van der Waals surface area (Å²) in [7, 11) is 1.63. The number of hydrogen-bond acceptors (Lipinski definition) is 2. The first-order chi connectivity index (χ1) is 8.72. The lowest BCUT2D eigenvalue weighted by atomic mass is 10.2. The third-order valence-electron chi connectivity index (χ3n) is 2.69. The first-order valence-electron chi connectivity index (χ1n) is 5.83. The second kappa shape index (κ2) is 5.91. The van der Waals surface area contributed by atoms with Crippen LogP contribution in [0.25, 0.3) is 0 Å². The highest BCUT2D eigenvalue weighted by Crippen LogP contribution is 2.31. The Labute approximate surface area is 111 Å². The summed E-state index contributed by atoms with van der Waals surface area (Å²) in [5.74, 6) is 0.649. The molecule has 1 nitrogen and oxygen atoms in total. The van der Waals surface area contributed by atoms with Crippen LogP contribution in [-0.2, 0) is 6.42 Å². The predicted molar refractivity (Wildman–Crippen MR) is 72.9 cm³/mol.